The molecule has 0 aliphatic carbocycles. The Bertz CT molecular complexity index is 900. The first-order valence-corrected chi connectivity index (χ1v) is 12.4. The zero-order chi connectivity index (χ0) is 31.3. The Hall–Kier alpha value is -3.82. The molecule has 2 unspecified atom stereocenters. The minimum atomic E-state index is -1.83. The molecule has 40 heavy (non-hydrogen) atoms. The van der Waals surface area contributed by atoms with Gasteiger partial charge in [0.15, 0.2) is 6.10 Å². The van der Waals surface area contributed by atoms with Gasteiger partial charge in [-0.1, -0.05) is 25.0 Å². The summed E-state index contributed by atoms with van der Waals surface area (Å²) in [5, 5.41) is 55.5. The average molecular weight is 576 g/mol. The maximum atomic E-state index is 12.2. The molecule has 1 aromatic rings. The number of aliphatic hydroxyl groups excluding tert-OH is 2. The molecule has 0 aliphatic heterocycles. The van der Waals surface area contributed by atoms with Gasteiger partial charge in [-0.25, -0.2) is 14.1 Å². The van der Waals surface area contributed by atoms with Gasteiger partial charge >= 0.3 is 18.2 Å². The van der Waals surface area contributed by atoms with E-state index < -0.39 is 41.6 Å². The summed E-state index contributed by atoms with van der Waals surface area (Å²) >= 11 is 0. The first-order chi connectivity index (χ1) is 18.5. The average Bonchev–Trinajstić information content (AvgIpc) is 2.80. The Labute approximate surface area is 232 Å². The molecule has 15 nitrogen and oxygen atoms in total. The van der Waals surface area contributed by atoms with E-state index in [4.69, 9.17) is 30.0 Å². The van der Waals surface area contributed by atoms with E-state index in [1.807, 2.05) is 0 Å². The minimum Gasteiger partial charge on any atom is -0.550 e. The number of ether oxygens (including phenoxy) is 1. The van der Waals surface area contributed by atoms with Crippen LogP contribution in [0, 0.1) is 10.1 Å². The van der Waals surface area contributed by atoms with Crippen molar-refractivity contribution in [2.24, 2.45) is 0 Å². The summed E-state index contributed by atoms with van der Waals surface area (Å²) in [7, 11) is 3.24. The van der Waals surface area contributed by atoms with Crippen LogP contribution in [0.15, 0.2) is 24.3 Å². The third-order valence-electron chi connectivity index (χ3n) is 4.98. The van der Waals surface area contributed by atoms with E-state index in [1.165, 1.54) is 19.1 Å². The predicted molar refractivity (Wildman–Crippen MR) is 140 cm³/mol. The van der Waals surface area contributed by atoms with Crippen molar-refractivity contribution in [2.45, 2.75) is 64.6 Å². The number of aliphatic carboxylic acids is 1. The topological polar surface area (TPSA) is 237 Å². The van der Waals surface area contributed by atoms with E-state index in [1.54, 1.807) is 33.2 Å². The van der Waals surface area contributed by atoms with Crippen molar-refractivity contribution >= 4 is 29.8 Å². The zero-order valence-corrected chi connectivity index (χ0v) is 23.3. The van der Waals surface area contributed by atoms with Crippen LogP contribution < -0.4 is 10.4 Å². The number of rotatable bonds is 14. The Morgan fingerprint density at radius 2 is 1.57 bits per heavy atom. The molecule has 0 radical (unpaired) electrons. The van der Waals surface area contributed by atoms with Crippen molar-refractivity contribution in [3.63, 3.8) is 0 Å². The molecular weight excluding hydrogens is 534 g/mol. The molecular formula is C25H41N3O12. The van der Waals surface area contributed by atoms with Crippen molar-refractivity contribution in [1.82, 2.24) is 5.32 Å². The van der Waals surface area contributed by atoms with Gasteiger partial charge in [-0.05, 0) is 31.7 Å². The van der Waals surface area contributed by atoms with Crippen LogP contribution in [0.1, 0.15) is 51.5 Å². The monoisotopic (exact) mass is 575 g/mol. The van der Waals surface area contributed by atoms with Crippen LogP contribution in [0.5, 0.6) is 0 Å². The van der Waals surface area contributed by atoms with E-state index in [0.717, 1.165) is 31.2 Å². The van der Waals surface area contributed by atoms with E-state index in [2.05, 4.69) is 5.32 Å². The Morgan fingerprint density at radius 3 is 2.00 bits per heavy atom. The molecule has 1 rings (SSSR count). The van der Waals surface area contributed by atoms with Crippen LogP contribution in [0.25, 0.3) is 0 Å². The lowest BCUT2D eigenvalue weighted by Gasteiger charge is -2.30. The third-order valence-corrected chi connectivity index (χ3v) is 4.98. The van der Waals surface area contributed by atoms with E-state index in [-0.39, 0.29) is 29.4 Å². The molecule has 0 spiro atoms. The van der Waals surface area contributed by atoms with E-state index in [9.17, 15) is 29.6 Å². The second-order valence-corrected chi connectivity index (χ2v) is 9.30. The van der Waals surface area contributed by atoms with Gasteiger partial charge in [0.05, 0.1) is 25.1 Å². The lowest BCUT2D eigenvalue weighted by Crippen LogP contribution is -2.56. The molecule has 5 N–H and O–H groups in total. The number of nitro groups is 1. The standard InChI is InChI=1S/C15H28N2O6.C9H11NO3.CH2O3/c1-12(19)23-13(10-14(20)21)11-17(2,3)15(22)16-8-6-4-5-7-9-18;1-7(11)6-8-2-4-9(5-3-8)10(12)13;2-1(3)4/h13,18H,4-11H2,1-3H3,(H-,16,20,21,22);2-5,7,11H,6H2,1H3;(H2,2,3,4). The van der Waals surface area contributed by atoms with Gasteiger partial charge in [0.25, 0.3) is 5.69 Å². The largest absolute Gasteiger partial charge is 0.550 e. The summed E-state index contributed by atoms with van der Waals surface area (Å²) in [4.78, 5) is 52.3. The number of carbonyl (C=O) groups is 4. The van der Waals surface area contributed by atoms with Gasteiger partial charge in [0.1, 0.15) is 6.54 Å². The molecule has 2 amide bonds. The fraction of sp³-hybridized carbons (Fsp3) is 0.600. The number of aliphatic hydroxyl groups is 2. The molecule has 15 heteroatoms. The Kier molecular flexibility index (Phi) is 20.2. The van der Waals surface area contributed by atoms with Crippen molar-refractivity contribution in [3.05, 3.63) is 39.9 Å². The minimum absolute atomic E-state index is 0.0455. The number of nitrogens with one attached hydrogen (secondary N) is 1. The van der Waals surface area contributed by atoms with Gasteiger partial charge in [-0.15, -0.1) is 0 Å². The summed E-state index contributed by atoms with van der Waals surface area (Å²) in [6.45, 7) is 3.59. The van der Waals surface area contributed by atoms with E-state index in [0.29, 0.717) is 13.0 Å². The Morgan fingerprint density at radius 1 is 1.05 bits per heavy atom. The summed E-state index contributed by atoms with van der Waals surface area (Å²) < 4.78 is 4.79. The molecule has 2 atom stereocenters. The van der Waals surface area contributed by atoms with Crippen molar-refractivity contribution in [3.8, 4) is 0 Å². The zero-order valence-electron chi connectivity index (χ0n) is 23.3. The van der Waals surface area contributed by atoms with Crippen molar-refractivity contribution in [2.75, 3.05) is 33.8 Å². The molecule has 0 saturated heterocycles. The molecule has 0 aromatic heterocycles. The van der Waals surface area contributed by atoms with Gasteiger partial charge in [0, 0.05) is 44.6 Å². The smallest absolute Gasteiger partial charge is 0.503 e. The number of carbonyl (C=O) groups excluding carboxylic acids is 3. The van der Waals surface area contributed by atoms with Gasteiger partial charge in [0.2, 0.25) is 0 Å². The highest BCUT2D eigenvalue weighted by Gasteiger charge is 2.31. The SMILES string of the molecule is CC(=O)OC(CC(=O)[O-])C[N+](C)(C)C(=O)NCCCCCCO.CC(O)Cc1ccc([N+](=O)[O-])cc1.O=C(O)O. The lowest BCUT2D eigenvalue weighted by molar-refractivity contribution is -0.812. The molecule has 0 saturated carbocycles. The number of non-ortho nitro benzene ring substituents is 1. The van der Waals surface area contributed by atoms with Gasteiger partial charge in [-0.2, -0.15) is 0 Å². The molecule has 0 aliphatic rings. The maximum Gasteiger partial charge on any atom is 0.503 e. The highest BCUT2D eigenvalue weighted by atomic mass is 16.6. The number of nitrogens with zero attached hydrogens (tertiary/aromatic N) is 2. The number of carboxylic acid groups (broad SMARTS) is 3. The second-order valence-electron chi connectivity index (χ2n) is 9.30. The number of likely N-dealkylation sites (N-methyl/N-ethyl adjacent to an activating group) is 1. The number of benzene rings is 1. The number of quaternary nitrogens is 1. The number of nitro benzene ring substituents is 1. The third kappa shape index (κ3) is 22.2. The number of hydrogen-bond acceptors (Lipinski definition) is 10. The van der Waals surface area contributed by atoms with Crippen molar-refractivity contribution < 1.29 is 58.9 Å². The number of urea groups is 1. The predicted octanol–water partition coefficient (Wildman–Crippen LogP) is 1.14. The van der Waals surface area contributed by atoms with Crippen LogP contribution in [0.3, 0.4) is 0 Å². The van der Waals surface area contributed by atoms with E-state index >= 15 is 0 Å². The first kappa shape index (κ1) is 38.3. The van der Waals surface area contributed by atoms with Crippen LogP contribution in [-0.4, -0.2) is 100.0 Å². The van der Waals surface area contributed by atoms with Gasteiger partial charge in [-0.3, -0.25) is 14.9 Å². The Balaban J connectivity index is 0. The fourth-order valence-electron chi connectivity index (χ4n) is 3.25. The number of carboxylic acids is 1. The highest BCUT2D eigenvalue weighted by Crippen LogP contribution is 2.13. The summed E-state index contributed by atoms with van der Waals surface area (Å²) in [5.74, 6) is -1.93. The quantitative estimate of drug-likeness (QED) is 0.0690. The summed E-state index contributed by atoms with van der Waals surface area (Å²) in [6.07, 6.45) is 0.290. The molecule has 0 bridgehead atoms. The summed E-state index contributed by atoms with van der Waals surface area (Å²) in [5.41, 5.74) is 0.981. The number of hydrogen-bond donors (Lipinski definition) is 5. The number of unbranched alkanes of at least 4 members (excludes halogenated alkanes) is 3. The van der Waals surface area contributed by atoms with Crippen LogP contribution >= 0.6 is 0 Å². The van der Waals surface area contributed by atoms with Crippen molar-refractivity contribution in [1.29, 1.82) is 0 Å². The molecule has 228 valence electrons. The van der Waals surface area contributed by atoms with Crippen LogP contribution in [-0.2, 0) is 20.7 Å². The molecule has 0 heterocycles. The van der Waals surface area contributed by atoms with Gasteiger partial charge < -0.3 is 40.4 Å². The maximum absolute atomic E-state index is 12.2. The normalized spacial score (nSPS) is 11.8. The molecule has 1 aromatic carbocycles. The first-order valence-electron chi connectivity index (χ1n) is 12.4. The lowest BCUT2D eigenvalue weighted by atomic mass is 10.1. The summed E-state index contributed by atoms with van der Waals surface area (Å²) in [6, 6.07) is 5.92. The number of amides is 2. The van der Waals surface area contributed by atoms with Crippen LogP contribution in [0.2, 0.25) is 0 Å². The second kappa shape index (κ2) is 21.1. The number of esters is 1. The highest BCUT2D eigenvalue weighted by molar-refractivity contribution is 5.69. The van der Waals surface area contributed by atoms with Crippen LogP contribution in [0.4, 0.5) is 15.3 Å². The fourth-order valence-corrected chi connectivity index (χ4v) is 3.25. The molecule has 0 fully saturated rings.